The van der Waals surface area contributed by atoms with Crippen molar-refractivity contribution < 1.29 is 9.66 Å². The standard InChI is InChI=1S/C14H16N2O3/c15-11-14(7-9-19-10-8-14)6-5-12-1-3-13(4-2-12)16(17)18/h1-4H,5-10H2. The van der Waals surface area contributed by atoms with E-state index in [1.165, 1.54) is 12.1 Å². The third-order valence-corrected chi connectivity index (χ3v) is 3.73. The highest BCUT2D eigenvalue weighted by Crippen LogP contribution is 2.34. The number of hydrogen-bond donors (Lipinski definition) is 0. The van der Waals surface area contributed by atoms with Gasteiger partial charge in [0.2, 0.25) is 0 Å². The molecule has 19 heavy (non-hydrogen) atoms. The van der Waals surface area contributed by atoms with Gasteiger partial charge in [0.15, 0.2) is 0 Å². The minimum atomic E-state index is -0.404. The summed E-state index contributed by atoms with van der Waals surface area (Å²) < 4.78 is 5.29. The van der Waals surface area contributed by atoms with E-state index in [1.807, 2.05) is 0 Å². The first-order valence-corrected chi connectivity index (χ1v) is 6.38. The summed E-state index contributed by atoms with van der Waals surface area (Å²) in [7, 11) is 0. The van der Waals surface area contributed by atoms with Crippen LogP contribution in [0.1, 0.15) is 24.8 Å². The minimum absolute atomic E-state index is 0.102. The van der Waals surface area contributed by atoms with Crippen LogP contribution in [0.3, 0.4) is 0 Å². The summed E-state index contributed by atoms with van der Waals surface area (Å²) in [4.78, 5) is 10.2. The van der Waals surface area contributed by atoms with E-state index in [4.69, 9.17) is 4.74 Å². The zero-order chi connectivity index (χ0) is 13.7. The second-order valence-electron chi connectivity index (χ2n) is 4.93. The number of nitrogens with zero attached hydrogens (tertiary/aromatic N) is 2. The number of hydrogen-bond acceptors (Lipinski definition) is 4. The Morgan fingerprint density at radius 1 is 1.32 bits per heavy atom. The summed E-state index contributed by atoms with van der Waals surface area (Å²) in [5.41, 5.74) is 0.844. The van der Waals surface area contributed by atoms with Crippen LogP contribution in [0.25, 0.3) is 0 Å². The van der Waals surface area contributed by atoms with E-state index in [0.29, 0.717) is 13.2 Å². The summed E-state index contributed by atoms with van der Waals surface area (Å²) in [5.74, 6) is 0. The summed E-state index contributed by atoms with van der Waals surface area (Å²) in [6.07, 6.45) is 3.10. The van der Waals surface area contributed by atoms with E-state index in [2.05, 4.69) is 6.07 Å². The molecule has 0 amide bonds. The topological polar surface area (TPSA) is 76.2 Å². The maximum atomic E-state index is 10.6. The van der Waals surface area contributed by atoms with Crippen molar-refractivity contribution in [3.63, 3.8) is 0 Å². The first-order chi connectivity index (χ1) is 9.15. The fourth-order valence-electron chi connectivity index (χ4n) is 2.35. The first-order valence-electron chi connectivity index (χ1n) is 6.38. The van der Waals surface area contributed by atoms with Crippen LogP contribution < -0.4 is 0 Å². The minimum Gasteiger partial charge on any atom is -0.381 e. The highest BCUT2D eigenvalue weighted by molar-refractivity contribution is 5.33. The molecule has 0 unspecified atom stereocenters. The number of nitriles is 1. The quantitative estimate of drug-likeness (QED) is 0.616. The fourth-order valence-corrected chi connectivity index (χ4v) is 2.35. The largest absolute Gasteiger partial charge is 0.381 e. The van der Waals surface area contributed by atoms with Gasteiger partial charge < -0.3 is 4.74 Å². The van der Waals surface area contributed by atoms with E-state index in [-0.39, 0.29) is 11.1 Å². The second-order valence-corrected chi connectivity index (χ2v) is 4.93. The molecular formula is C14H16N2O3. The molecule has 1 heterocycles. The molecule has 0 aliphatic carbocycles. The van der Waals surface area contributed by atoms with Crippen molar-refractivity contribution in [2.45, 2.75) is 25.7 Å². The molecule has 1 aliphatic rings. The van der Waals surface area contributed by atoms with E-state index in [0.717, 1.165) is 31.2 Å². The number of rotatable bonds is 4. The molecule has 1 saturated heterocycles. The Morgan fingerprint density at radius 2 is 1.95 bits per heavy atom. The van der Waals surface area contributed by atoms with Gasteiger partial charge in [-0.25, -0.2) is 0 Å². The number of aryl methyl sites for hydroxylation is 1. The number of nitro groups is 1. The van der Waals surface area contributed by atoms with Gasteiger partial charge in [0.25, 0.3) is 5.69 Å². The van der Waals surface area contributed by atoms with Crippen LogP contribution in [0.4, 0.5) is 5.69 Å². The molecule has 0 radical (unpaired) electrons. The molecule has 0 saturated carbocycles. The summed E-state index contributed by atoms with van der Waals surface area (Å²) >= 11 is 0. The smallest absolute Gasteiger partial charge is 0.269 e. The lowest BCUT2D eigenvalue weighted by atomic mass is 9.77. The molecular weight excluding hydrogens is 244 g/mol. The van der Waals surface area contributed by atoms with Crippen molar-refractivity contribution in [2.75, 3.05) is 13.2 Å². The molecule has 1 aromatic rings. The Morgan fingerprint density at radius 3 is 2.47 bits per heavy atom. The van der Waals surface area contributed by atoms with E-state index >= 15 is 0 Å². The molecule has 0 spiro atoms. The zero-order valence-corrected chi connectivity index (χ0v) is 10.7. The van der Waals surface area contributed by atoms with Crippen LogP contribution in [0, 0.1) is 26.9 Å². The summed E-state index contributed by atoms with van der Waals surface area (Å²) in [6.45, 7) is 1.29. The normalized spacial score (nSPS) is 17.6. The van der Waals surface area contributed by atoms with Crippen LogP contribution in [0.15, 0.2) is 24.3 Å². The average Bonchev–Trinajstić information content (AvgIpc) is 2.46. The van der Waals surface area contributed by atoms with Crippen LogP contribution in [-0.4, -0.2) is 18.1 Å². The molecule has 5 nitrogen and oxygen atoms in total. The van der Waals surface area contributed by atoms with Gasteiger partial charge in [0, 0.05) is 25.3 Å². The van der Waals surface area contributed by atoms with Gasteiger partial charge in [0.05, 0.1) is 16.4 Å². The predicted molar refractivity (Wildman–Crippen MR) is 69.5 cm³/mol. The monoisotopic (exact) mass is 260 g/mol. The van der Waals surface area contributed by atoms with Gasteiger partial charge in [0.1, 0.15) is 0 Å². The molecule has 0 bridgehead atoms. The molecule has 1 aromatic carbocycles. The second kappa shape index (κ2) is 5.81. The van der Waals surface area contributed by atoms with Gasteiger partial charge in [-0.2, -0.15) is 5.26 Å². The predicted octanol–water partition coefficient (Wildman–Crippen LogP) is 2.85. The van der Waals surface area contributed by atoms with Gasteiger partial charge >= 0.3 is 0 Å². The summed E-state index contributed by atoms with van der Waals surface area (Å²) in [6, 6.07) is 8.99. The highest BCUT2D eigenvalue weighted by Gasteiger charge is 2.32. The van der Waals surface area contributed by atoms with E-state index in [1.54, 1.807) is 12.1 Å². The Kier molecular flexibility index (Phi) is 4.13. The number of ether oxygens (including phenoxy) is 1. The lowest BCUT2D eigenvalue weighted by molar-refractivity contribution is -0.384. The van der Waals surface area contributed by atoms with Gasteiger partial charge in [-0.3, -0.25) is 10.1 Å². The Bertz CT molecular complexity index is 484. The van der Waals surface area contributed by atoms with Crippen LogP contribution in [0.5, 0.6) is 0 Å². The summed E-state index contributed by atoms with van der Waals surface area (Å²) in [5, 5.41) is 19.9. The van der Waals surface area contributed by atoms with Crippen molar-refractivity contribution in [1.29, 1.82) is 5.26 Å². The van der Waals surface area contributed by atoms with Crippen LogP contribution in [0.2, 0.25) is 0 Å². The number of benzene rings is 1. The first kappa shape index (κ1) is 13.5. The molecule has 100 valence electrons. The van der Waals surface area contributed by atoms with Crippen molar-refractivity contribution in [2.24, 2.45) is 5.41 Å². The zero-order valence-electron chi connectivity index (χ0n) is 10.7. The maximum absolute atomic E-state index is 10.6. The van der Waals surface area contributed by atoms with Crippen molar-refractivity contribution >= 4 is 5.69 Å². The molecule has 0 atom stereocenters. The third kappa shape index (κ3) is 3.30. The van der Waals surface area contributed by atoms with Crippen molar-refractivity contribution in [3.05, 3.63) is 39.9 Å². The highest BCUT2D eigenvalue weighted by atomic mass is 16.6. The number of non-ortho nitro benzene ring substituents is 1. The SMILES string of the molecule is N#CC1(CCc2ccc([N+](=O)[O-])cc2)CCOCC1. The lowest BCUT2D eigenvalue weighted by Crippen LogP contribution is -2.28. The number of nitro benzene ring substituents is 1. The third-order valence-electron chi connectivity index (χ3n) is 3.73. The Hall–Kier alpha value is -1.93. The molecule has 1 fully saturated rings. The molecule has 5 heteroatoms. The van der Waals surface area contributed by atoms with Gasteiger partial charge in [-0.1, -0.05) is 12.1 Å². The Balaban J connectivity index is 1.97. The molecule has 0 aromatic heterocycles. The lowest BCUT2D eigenvalue weighted by Gasteiger charge is -2.30. The average molecular weight is 260 g/mol. The molecule has 0 N–H and O–H groups in total. The van der Waals surface area contributed by atoms with Crippen molar-refractivity contribution in [3.8, 4) is 6.07 Å². The van der Waals surface area contributed by atoms with E-state index < -0.39 is 4.92 Å². The van der Waals surface area contributed by atoms with Crippen LogP contribution in [-0.2, 0) is 11.2 Å². The van der Waals surface area contributed by atoms with Crippen LogP contribution >= 0.6 is 0 Å². The Labute approximate surface area is 112 Å². The fraction of sp³-hybridized carbons (Fsp3) is 0.500. The molecule has 1 aliphatic heterocycles. The molecule has 2 rings (SSSR count). The van der Waals surface area contributed by atoms with Gasteiger partial charge in [-0.15, -0.1) is 0 Å². The van der Waals surface area contributed by atoms with Crippen molar-refractivity contribution in [1.82, 2.24) is 0 Å². The van der Waals surface area contributed by atoms with E-state index in [9.17, 15) is 15.4 Å². The van der Waals surface area contributed by atoms with Gasteiger partial charge in [-0.05, 0) is 31.2 Å². The maximum Gasteiger partial charge on any atom is 0.269 e.